The first kappa shape index (κ1) is 32.8. The normalized spacial score (nSPS) is 44.9. The van der Waals surface area contributed by atoms with Crippen molar-refractivity contribution in [2.75, 3.05) is 33.9 Å². The van der Waals surface area contributed by atoms with E-state index in [9.17, 15) is 24.3 Å². The van der Waals surface area contributed by atoms with Crippen LogP contribution in [-0.4, -0.2) is 110 Å². The van der Waals surface area contributed by atoms with E-state index in [-0.39, 0.29) is 29.9 Å². The van der Waals surface area contributed by atoms with Crippen molar-refractivity contribution >= 4 is 23.9 Å². The van der Waals surface area contributed by atoms with Crippen LogP contribution in [0.25, 0.3) is 0 Å². The minimum Gasteiger partial charge on any atom is -0.493 e. The summed E-state index contributed by atoms with van der Waals surface area (Å²) >= 11 is 0. The van der Waals surface area contributed by atoms with Crippen LogP contribution in [-0.2, 0) is 38.1 Å². The smallest absolute Gasteiger partial charge is 0.338 e. The van der Waals surface area contributed by atoms with E-state index < -0.39 is 88.6 Å². The lowest BCUT2D eigenvalue weighted by atomic mass is 9.42. The monoisotopic (exact) mass is 683 g/mol. The van der Waals surface area contributed by atoms with Crippen molar-refractivity contribution in [2.45, 2.75) is 89.1 Å². The Bertz CT molecular complexity index is 1600. The van der Waals surface area contributed by atoms with Gasteiger partial charge in [0.2, 0.25) is 0 Å². The Morgan fingerprint density at radius 2 is 1.61 bits per heavy atom. The Kier molecular flexibility index (Phi) is 7.38. The van der Waals surface area contributed by atoms with Crippen LogP contribution in [0.2, 0.25) is 0 Å². The molecule has 0 aromatic heterocycles. The summed E-state index contributed by atoms with van der Waals surface area (Å²) in [7, 11) is 2.99. The first-order valence-electron chi connectivity index (χ1n) is 17.4. The van der Waals surface area contributed by atoms with Crippen molar-refractivity contribution in [1.29, 1.82) is 0 Å². The minimum absolute atomic E-state index is 0.169. The molecule has 8 rings (SSSR count). The highest BCUT2D eigenvalue weighted by molar-refractivity contribution is 5.90. The predicted octanol–water partition coefficient (Wildman–Crippen LogP) is 2.15. The molecule has 1 unspecified atom stereocenters. The summed E-state index contributed by atoms with van der Waals surface area (Å²) in [6, 6.07) is 4.56. The summed E-state index contributed by atoms with van der Waals surface area (Å²) in [5.74, 6) is -3.01. The van der Waals surface area contributed by atoms with Gasteiger partial charge in [0.05, 0.1) is 38.1 Å². The standard InChI is InChI=1S/C36H45NO12/c1-7-37-14-34-15-45-30-28-32(37)36(31(30)34,26(48-18(4)40)12-25(34)47-17(3)39)21-11-20-24(46-16(2)38)13-35(28,42)27(21)29(20)49-33(41)19-8-9-22(43-5)23(10-19)44-6/h8-10,20-21,24-32,42H,7,11-15H2,1-6H3/t20-,21-,24+,25-,26+,27-,28+,29+,30+,31-,32?,34+,35-,36+/m1/s1. The van der Waals surface area contributed by atoms with E-state index in [1.807, 2.05) is 0 Å². The molecule has 14 atom stereocenters. The molecule has 1 N–H and O–H groups in total. The number of piperidine rings is 1. The van der Waals surface area contributed by atoms with Gasteiger partial charge in [0, 0.05) is 80.7 Å². The van der Waals surface area contributed by atoms with Gasteiger partial charge < -0.3 is 38.3 Å². The summed E-state index contributed by atoms with van der Waals surface area (Å²) in [4.78, 5) is 54.3. The van der Waals surface area contributed by atoms with E-state index in [1.165, 1.54) is 35.0 Å². The largest absolute Gasteiger partial charge is 0.493 e. The molecule has 49 heavy (non-hydrogen) atoms. The molecule has 0 radical (unpaired) electrons. The number of carbonyl (C=O) groups is 4. The highest BCUT2D eigenvalue weighted by Gasteiger charge is 2.90. The number of rotatable bonds is 8. The Morgan fingerprint density at radius 1 is 0.918 bits per heavy atom. The average molecular weight is 684 g/mol. The van der Waals surface area contributed by atoms with Crippen LogP contribution >= 0.6 is 0 Å². The molecule has 1 spiro atoms. The molecular weight excluding hydrogens is 638 g/mol. The van der Waals surface area contributed by atoms with Gasteiger partial charge in [-0.05, 0) is 37.1 Å². The third kappa shape index (κ3) is 4.15. The van der Waals surface area contributed by atoms with Crippen LogP contribution in [0.5, 0.6) is 11.5 Å². The quantitative estimate of drug-likeness (QED) is 0.315. The maximum Gasteiger partial charge on any atom is 0.338 e. The molecule has 266 valence electrons. The number of benzene rings is 1. The second-order valence-corrected chi connectivity index (χ2v) is 15.3. The number of likely N-dealkylation sites (tertiary alicyclic amines) is 1. The molecule has 0 amide bonds. The number of methoxy groups -OCH3 is 2. The van der Waals surface area contributed by atoms with Crippen molar-refractivity contribution < 1.29 is 57.4 Å². The zero-order chi connectivity index (χ0) is 34.8. The molecule has 13 heteroatoms. The summed E-state index contributed by atoms with van der Waals surface area (Å²) in [5.41, 5.74) is -2.49. The lowest BCUT2D eigenvalue weighted by Gasteiger charge is -2.69. The molecular formula is C36H45NO12. The van der Waals surface area contributed by atoms with Crippen LogP contribution in [0.15, 0.2) is 18.2 Å². The second-order valence-electron chi connectivity index (χ2n) is 15.3. The van der Waals surface area contributed by atoms with Gasteiger partial charge in [-0.3, -0.25) is 19.3 Å². The summed E-state index contributed by atoms with van der Waals surface area (Å²) in [5, 5.41) is 13.3. The maximum atomic E-state index is 14.0. The predicted molar refractivity (Wildman–Crippen MR) is 167 cm³/mol. The molecule has 2 aliphatic heterocycles. The molecule has 2 saturated heterocycles. The van der Waals surface area contributed by atoms with Crippen molar-refractivity contribution in [1.82, 2.24) is 4.90 Å². The zero-order valence-electron chi connectivity index (χ0n) is 28.7. The van der Waals surface area contributed by atoms with Crippen LogP contribution in [0.3, 0.4) is 0 Å². The lowest BCUT2D eigenvalue weighted by molar-refractivity contribution is -0.292. The third-order valence-corrected chi connectivity index (χ3v) is 13.5. The topological polar surface area (TPSA) is 156 Å². The summed E-state index contributed by atoms with van der Waals surface area (Å²) in [6.07, 6.45) is -2.21. The van der Waals surface area contributed by atoms with Gasteiger partial charge in [-0.15, -0.1) is 0 Å². The van der Waals surface area contributed by atoms with Crippen molar-refractivity contribution in [3.63, 3.8) is 0 Å². The molecule has 7 fully saturated rings. The van der Waals surface area contributed by atoms with Crippen LogP contribution < -0.4 is 9.47 Å². The second kappa shape index (κ2) is 11.0. The number of fused-ring (bicyclic) bond motifs is 3. The zero-order valence-corrected chi connectivity index (χ0v) is 28.7. The van der Waals surface area contributed by atoms with Crippen LogP contribution in [0, 0.1) is 40.4 Å². The molecule has 1 aromatic rings. The number of ether oxygens (including phenoxy) is 7. The molecule has 1 aromatic carbocycles. The number of hydrogen-bond donors (Lipinski definition) is 1. The number of aliphatic hydroxyl groups is 1. The molecule has 13 nitrogen and oxygen atoms in total. The fourth-order valence-corrected chi connectivity index (χ4v) is 12.6. The summed E-state index contributed by atoms with van der Waals surface area (Å²) < 4.78 is 42.3. The van der Waals surface area contributed by atoms with E-state index >= 15 is 0 Å². The Hall–Kier alpha value is -3.42. The van der Waals surface area contributed by atoms with Gasteiger partial charge in [-0.1, -0.05) is 6.92 Å². The number of nitrogens with zero attached hydrogens (tertiary/aromatic N) is 1. The van der Waals surface area contributed by atoms with E-state index in [0.29, 0.717) is 44.0 Å². The first-order chi connectivity index (χ1) is 23.3. The SMILES string of the molecule is CCN1C[C@]23CO[C@H]4[C@H]5C1[C@]([C@@H](OC(C)=O)C[C@H]2OC(C)=O)([C@@H]1C[C@H]2[C@H](OC(=O)c6ccc(OC)c(OC)c6)[C@@H]1[C@]5(O)C[C@@H]2OC(C)=O)[C@H]43. The van der Waals surface area contributed by atoms with Gasteiger partial charge in [-0.25, -0.2) is 4.79 Å². The van der Waals surface area contributed by atoms with Gasteiger partial charge in [-0.2, -0.15) is 0 Å². The van der Waals surface area contributed by atoms with E-state index in [1.54, 1.807) is 18.2 Å². The average Bonchev–Trinajstić information content (AvgIpc) is 3.65. The van der Waals surface area contributed by atoms with Gasteiger partial charge in [0.15, 0.2) is 11.5 Å². The van der Waals surface area contributed by atoms with Crippen molar-refractivity contribution in [3.05, 3.63) is 23.8 Å². The lowest BCUT2D eigenvalue weighted by Crippen LogP contribution is -2.78. The van der Waals surface area contributed by atoms with Gasteiger partial charge >= 0.3 is 23.9 Å². The number of carbonyl (C=O) groups excluding carboxylic acids is 4. The van der Waals surface area contributed by atoms with E-state index in [2.05, 4.69) is 11.8 Å². The van der Waals surface area contributed by atoms with Crippen molar-refractivity contribution in [3.8, 4) is 11.5 Å². The van der Waals surface area contributed by atoms with Gasteiger partial charge in [0.1, 0.15) is 24.4 Å². The molecule has 7 bridgehead atoms. The van der Waals surface area contributed by atoms with Crippen LogP contribution in [0.4, 0.5) is 0 Å². The molecule has 7 aliphatic rings. The van der Waals surface area contributed by atoms with Crippen molar-refractivity contribution in [2.24, 2.45) is 40.4 Å². The van der Waals surface area contributed by atoms with E-state index in [4.69, 9.17) is 33.2 Å². The Labute approximate surface area is 284 Å². The molecule has 5 aliphatic carbocycles. The summed E-state index contributed by atoms with van der Waals surface area (Å²) in [6.45, 7) is 7.83. The first-order valence-corrected chi connectivity index (χ1v) is 17.4. The number of esters is 4. The fraction of sp³-hybridized carbons (Fsp3) is 0.722. The highest BCUT2D eigenvalue weighted by atomic mass is 16.6. The highest BCUT2D eigenvalue weighted by Crippen LogP contribution is 2.81. The van der Waals surface area contributed by atoms with Crippen LogP contribution in [0.1, 0.15) is 57.3 Å². The fourth-order valence-electron chi connectivity index (χ4n) is 12.6. The minimum atomic E-state index is -1.45. The van der Waals surface area contributed by atoms with E-state index in [0.717, 1.165) is 0 Å². The molecule has 2 heterocycles. The Morgan fingerprint density at radius 3 is 2.27 bits per heavy atom. The molecule has 5 saturated carbocycles. The number of hydrogen-bond acceptors (Lipinski definition) is 13. The Balaban J connectivity index is 1.28. The maximum absolute atomic E-state index is 14.0. The third-order valence-electron chi connectivity index (χ3n) is 13.5. The van der Waals surface area contributed by atoms with Gasteiger partial charge in [0.25, 0.3) is 0 Å².